The van der Waals surface area contributed by atoms with E-state index >= 15 is 0 Å². The molecular weight excluding hydrogens is 468 g/mol. The van der Waals surface area contributed by atoms with E-state index in [-0.39, 0.29) is 10.8 Å². The zero-order valence-electron chi connectivity index (χ0n) is 23.7. The predicted molar refractivity (Wildman–Crippen MR) is 156 cm³/mol. The maximum absolute atomic E-state index is 11.3. The van der Waals surface area contributed by atoms with Gasteiger partial charge in [-0.05, 0) is 103 Å². The summed E-state index contributed by atoms with van der Waals surface area (Å²) in [7, 11) is 0. The second kappa shape index (κ2) is 10.9. The first kappa shape index (κ1) is 27.6. The Labute approximate surface area is 230 Å². The third-order valence-corrected chi connectivity index (χ3v) is 10.8. The second-order valence-electron chi connectivity index (χ2n) is 13.1. The second-order valence-corrected chi connectivity index (χ2v) is 13.1. The molecule has 0 heterocycles. The number of hydrogen-bond donors (Lipinski definition) is 3. The van der Waals surface area contributed by atoms with Crippen molar-refractivity contribution < 1.29 is 15.3 Å². The molecule has 1 aromatic rings. The maximum atomic E-state index is 11.3. The minimum Gasteiger partial charge on any atom is -0.393 e. The van der Waals surface area contributed by atoms with Crippen molar-refractivity contribution in [2.75, 3.05) is 0 Å². The summed E-state index contributed by atoms with van der Waals surface area (Å²) in [5.74, 6) is 1.62. The fraction of sp³-hybridized carbons (Fsp3) is 0.600. The van der Waals surface area contributed by atoms with Gasteiger partial charge in [-0.25, -0.2) is 0 Å². The molecule has 0 saturated heterocycles. The monoisotopic (exact) mass is 516 g/mol. The van der Waals surface area contributed by atoms with E-state index in [0.717, 1.165) is 36.8 Å². The Bertz CT molecular complexity index is 1120. The van der Waals surface area contributed by atoms with E-state index in [1.807, 2.05) is 0 Å². The van der Waals surface area contributed by atoms with E-state index in [4.69, 9.17) is 0 Å². The average molecular weight is 517 g/mol. The lowest BCUT2D eigenvalue weighted by atomic mass is 9.61. The fourth-order valence-corrected chi connectivity index (χ4v) is 8.20. The fourth-order valence-electron chi connectivity index (χ4n) is 8.20. The van der Waals surface area contributed by atoms with Gasteiger partial charge < -0.3 is 15.3 Å². The van der Waals surface area contributed by atoms with Gasteiger partial charge in [-0.1, -0.05) is 81.5 Å². The highest BCUT2D eigenvalue weighted by atomic mass is 16.3. The molecule has 4 aliphatic rings. The van der Waals surface area contributed by atoms with Crippen molar-refractivity contribution in [3.63, 3.8) is 0 Å². The molecule has 0 aliphatic heterocycles. The molecule has 0 spiro atoms. The minimum absolute atomic E-state index is 0.0952. The summed E-state index contributed by atoms with van der Waals surface area (Å²) in [6.45, 7) is 11.1. The summed E-state index contributed by atoms with van der Waals surface area (Å²) in [6, 6.07) is 8.82. The van der Waals surface area contributed by atoms with Crippen LogP contribution >= 0.6 is 0 Å². The van der Waals surface area contributed by atoms with E-state index in [1.165, 1.54) is 42.4 Å². The summed E-state index contributed by atoms with van der Waals surface area (Å²) in [6.07, 6.45) is 17.5. The van der Waals surface area contributed by atoms with E-state index in [2.05, 4.69) is 75.9 Å². The molecule has 3 N–H and O–H groups in total. The Kier molecular flexibility index (Phi) is 7.93. The molecule has 3 nitrogen and oxygen atoms in total. The van der Waals surface area contributed by atoms with E-state index in [1.54, 1.807) is 0 Å². The SMILES string of the molecule is C=C1C(=CC=C2CCC[C@]3(C)[C@@H]([C@H](C)C=C[C@@H](O)C4(c5cccc(CC)c5)CC4)CC[C@@H]23)C[C@@H](O)C[C@@H]1O. The van der Waals surface area contributed by atoms with Crippen molar-refractivity contribution in [2.45, 2.75) is 109 Å². The highest BCUT2D eigenvalue weighted by Gasteiger charge is 2.51. The van der Waals surface area contributed by atoms with Gasteiger partial charge in [0.2, 0.25) is 0 Å². The van der Waals surface area contributed by atoms with Crippen LogP contribution in [0.2, 0.25) is 0 Å². The van der Waals surface area contributed by atoms with Crippen molar-refractivity contribution in [1.29, 1.82) is 0 Å². The molecular formula is C35H48O3. The Balaban J connectivity index is 1.29. The zero-order valence-corrected chi connectivity index (χ0v) is 23.7. The Morgan fingerprint density at radius 1 is 1.11 bits per heavy atom. The first-order valence-electron chi connectivity index (χ1n) is 15.1. The number of fused-ring (bicyclic) bond motifs is 1. The van der Waals surface area contributed by atoms with Gasteiger partial charge in [0, 0.05) is 11.8 Å². The molecule has 4 fully saturated rings. The maximum Gasteiger partial charge on any atom is 0.0817 e. The van der Waals surface area contributed by atoms with Crippen molar-refractivity contribution in [1.82, 2.24) is 0 Å². The summed E-state index contributed by atoms with van der Waals surface area (Å²) in [5, 5.41) is 31.7. The van der Waals surface area contributed by atoms with Crippen LogP contribution in [0, 0.1) is 23.2 Å². The van der Waals surface area contributed by atoms with Gasteiger partial charge in [-0.2, -0.15) is 0 Å². The lowest BCUT2D eigenvalue weighted by Crippen LogP contribution is -2.35. The predicted octanol–water partition coefficient (Wildman–Crippen LogP) is 6.97. The average Bonchev–Trinajstić information content (AvgIpc) is 3.64. The van der Waals surface area contributed by atoms with Crippen LogP contribution in [0.15, 0.2) is 71.9 Å². The number of aliphatic hydroxyl groups excluding tert-OH is 3. The molecule has 38 heavy (non-hydrogen) atoms. The van der Waals surface area contributed by atoms with Gasteiger partial charge in [0.15, 0.2) is 0 Å². The highest BCUT2D eigenvalue weighted by molar-refractivity contribution is 5.39. The van der Waals surface area contributed by atoms with Gasteiger partial charge in [0.1, 0.15) is 0 Å². The smallest absolute Gasteiger partial charge is 0.0817 e. The summed E-state index contributed by atoms with van der Waals surface area (Å²) in [4.78, 5) is 0. The van der Waals surface area contributed by atoms with Gasteiger partial charge in [0.25, 0.3) is 0 Å². The first-order chi connectivity index (χ1) is 18.2. The Morgan fingerprint density at radius 3 is 2.63 bits per heavy atom. The number of benzene rings is 1. The van der Waals surface area contributed by atoms with Crippen LogP contribution in [0.1, 0.15) is 89.7 Å². The number of allylic oxidation sites excluding steroid dienone is 4. The molecule has 0 radical (unpaired) electrons. The number of hydrogen-bond acceptors (Lipinski definition) is 3. The summed E-state index contributed by atoms with van der Waals surface area (Å²) in [5.41, 5.74) is 6.11. The number of aryl methyl sites for hydroxylation is 1. The quantitative estimate of drug-likeness (QED) is 0.343. The van der Waals surface area contributed by atoms with E-state index in [0.29, 0.717) is 30.6 Å². The number of rotatable bonds is 7. The molecule has 7 atom stereocenters. The lowest BCUT2D eigenvalue weighted by Gasteiger charge is -2.44. The van der Waals surface area contributed by atoms with Crippen molar-refractivity contribution in [3.8, 4) is 0 Å². The van der Waals surface area contributed by atoms with Gasteiger partial charge in [-0.15, -0.1) is 0 Å². The van der Waals surface area contributed by atoms with Crippen LogP contribution in [-0.2, 0) is 11.8 Å². The van der Waals surface area contributed by atoms with E-state index in [9.17, 15) is 15.3 Å². The third-order valence-electron chi connectivity index (χ3n) is 10.8. The molecule has 5 rings (SSSR count). The highest BCUT2D eigenvalue weighted by Crippen LogP contribution is 2.60. The van der Waals surface area contributed by atoms with Crippen molar-refractivity contribution in [2.24, 2.45) is 23.2 Å². The summed E-state index contributed by atoms with van der Waals surface area (Å²) < 4.78 is 0. The number of aliphatic hydroxyl groups is 3. The molecule has 0 amide bonds. The molecule has 0 unspecified atom stereocenters. The first-order valence-corrected chi connectivity index (χ1v) is 15.1. The van der Waals surface area contributed by atoms with Gasteiger partial charge in [0.05, 0.1) is 18.3 Å². The van der Waals surface area contributed by atoms with Crippen LogP contribution < -0.4 is 0 Å². The van der Waals surface area contributed by atoms with Gasteiger partial charge in [-0.3, -0.25) is 0 Å². The molecule has 3 heteroatoms. The minimum atomic E-state index is -0.635. The van der Waals surface area contributed by atoms with Crippen molar-refractivity contribution >= 4 is 0 Å². The Hall–Kier alpha value is -1.94. The van der Waals surface area contributed by atoms with Crippen LogP contribution in [0.4, 0.5) is 0 Å². The molecule has 0 bridgehead atoms. The van der Waals surface area contributed by atoms with Crippen LogP contribution in [0.25, 0.3) is 0 Å². The molecule has 4 saturated carbocycles. The van der Waals surface area contributed by atoms with Crippen LogP contribution in [-0.4, -0.2) is 33.6 Å². The topological polar surface area (TPSA) is 60.7 Å². The Morgan fingerprint density at radius 2 is 1.89 bits per heavy atom. The van der Waals surface area contributed by atoms with E-state index < -0.39 is 18.3 Å². The molecule has 1 aromatic carbocycles. The van der Waals surface area contributed by atoms with Crippen LogP contribution in [0.3, 0.4) is 0 Å². The standard InChI is InChI=1S/C35H48O3/c1-5-25-8-6-10-28(20-25)35(18-19-35)33(38)16-11-23(2)30-14-15-31-26(9-7-17-34(30,31)4)12-13-27-21-29(36)22-32(37)24(27)3/h6,8,10-13,16,20,23,29-33,36-38H,3,5,7,9,14-15,17-19,21-22H2,1-2,4H3/t23-,29-,30-,31+,32+,33-,34-/m1/s1. The lowest BCUT2D eigenvalue weighted by molar-refractivity contribution is 0.0862. The summed E-state index contributed by atoms with van der Waals surface area (Å²) >= 11 is 0. The molecule has 0 aromatic heterocycles. The molecule has 4 aliphatic carbocycles. The van der Waals surface area contributed by atoms with Gasteiger partial charge >= 0.3 is 0 Å². The molecule has 206 valence electrons. The zero-order chi connectivity index (χ0) is 27.1. The third kappa shape index (κ3) is 5.15. The van der Waals surface area contributed by atoms with Crippen LogP contribution in [0.5, 0.6) is 0 Å². The van der Waals surface area contributed by atoms with Crippen molar-refractivity contribution in [3.05, 3.63) is 83.0 Å². The normalized spacial score (nSPS) is 36.5. The largest absolute Gasteiger partial charge is 0.393 e.